The van der Waals surface area contributed by atoms with Gasteiger partial charge in [0.1, 0.15) is 10.0 Å². The van der Waals surface area contributed by atoms with E-state index in [1.165, 1.54) is 17.8 Å². The first-order chi connectivity index (χ1) is 14.1. The quantitative estimate of drug-likeness (QED) is 0.616. The summed E-state index contributed by atoms with van der Waals surface area (Å²) in [4.78, 5) is 11.6. The van der Waals surface area contributed by atoms with Crippen LogP contribution in [0.2, 0.25) is 0 Å². The van der Waals surface area contributed by atoms with Crippen LogP contribution in [-0.4, -0.2) is 48.9 Å². The van der Waals surface area contributed by atoms with Gasteiger partial charge in [-0.05, 0) is 37.1 Å². The molecule has 1 aliphatic carbocycles. The zero-order valence-electron chi connectivity index (χ0n) is 15.9. The SMILES string of the molecule is O=S(=O)(c1ccc(-c2cnc(C3CCC3)o2)s1)N1CCN(c2ccccn2)CC1. The Labute approximate surface area is 174 Å². The van der Waals surface area contributed by atoms with Gasteiger partial charge in [0.25, 0.3) is 10.0 Å². The molecule has 0 N–H and O–H groups in total. The van der Waals surface area contributed by atoms with Crippen LogP contribution in [-0.2, 0) is 10.0 Å². The van der Waals surface area contributed by atoms with Crippen LogP contribution in [0, 0.1) is 0 Å². The molecule has 0 amide bonds. The molecule has 0 radical (unpaired) electrons. The summed E-state index contributed by atoms with van der Waals surface area (Å²) in [6, 6.07) is 9.25. The van der Waals surface area contributed by atoms with Gasteiger partial charge in [-0.3, -0.25) is 0 Å². The van der Waals surface area contributed by atoms with Crippen molar-refractivity contribution in [1.82, 2.24) is 14.3 Å². The molecule has 3 aromatic heterocycles. The highest BCUT2D eigenvalue weighted by Gasteiger charge is 2.31. The monoisotopic (exact) mass is 430 g/mol. The number of hydrogen-bond donors (Lipinski definition) is 0. The fraction of sp³-hybridized carbons (Fsp3) is 0.400. The third-order valence-corrected chi connectivity index (χ3v) is 9.07. The minimum atomic E-state index is -3.52. The Kier molecular flexibility index (Phi) is 4.89. The Bertz CT molecular complexity index is 1080. The Morgan fingerprint density at radius 2 is 1.86 bits per heavy atom. The largest absolute Gasteiger partial charge is 0.440 e. The highest BCUT2D eigenvalue weighted by molar-refractivity contribution is 7.91. The van der Waals surface area contributed by atoms with Crippen LogP contribution in [0.25, 0.3) is 10.6 Å². The predicted molar refractivity (Wildman–Crippen MR) is 112 cm³/mol. The maximum atomic E-state index is 13.1. The molecule has 1 aliphatic heterocycles. The van der Waals surface area contributed by atoms with Gasteiger partial charge >= 0.3 is 0 Å². The summed E-state index contributed by atoms with van der Waals surface area (Å²) in [5.41, 5.74) is 0. The van der Waals surface area contributed by atoms with E-state index in [2.05, 4.69) is 14.9 Å². The molecule has 152 valence electrons. The number of nitrogens with zero attached hydrogens (tertiary/aromatic N) is 4. The number of oxazole rings is 1. The molecule has 0 spiro atoms. The van der Waals surface area contributed by atoms with Gasteiger partial charge in [-0.15, -0.1) is 11.3 Å². The van der Waals surface area contributed by atoms with Gasteiger partial charge in [0.2, 0.25) is 0 Å². The molecule has 0 unspecified atom stereocenters. The Morgan fingerprint density at radius 1 is 1.03 bits per heavy atom. The van der Waals surface area contributed by atoms with E-state index in [0.717, 1.165) is 29.4 Å². The number of piperazine rings is 1. The van der Waals surface area contributed by atoms with E-state index < -0.39 is 10.0 Å². The molecular weight excluding hydrogens is 408 g/mol. The summed E-state index contributed by atoms with van der Waals surface area (Å²) in [6.45, 7) is 2.14. The third-order valence-electron chi connectivity index (χ3n) is 5.61. The van der Waals surface area contributed by atoms with Gasteiger partial charge in [-0.1, -0.05) is 12.5 Å². The first-order valence-corrected chi connectivity index (χ1v) is 12.1. The zero-order valence-corrected chi connectivity index (χ0v) is 17.5. The summed E-state index contributed by atoms with van der Waals surface area (Å²) < 4.78 is 34.0. The second-order valence-corrected chi connectivity index (χ2v) is 10.6. The van der Waals surface area contributed by atoms with Crippen molar-refractivity contribution in [2.45, 2.75) is 29.4 Å². The van der Waals surface area contributed by atoms with Gasteiger partial charge in [-0.2, -0.15) is 4.31 Å². The summed E-state index contributed by atoms with van der Waals surface area (Å²) in [6.07, 6.45) is 6.92. The standard InChI is InChI=1S/C20H22N4O3S2/c25-29(26,24-12-10-23(11-13-24)18-6-1-2-9-21-18)19-8-7-17(28-19)16-14-22-20(27-16)15-4-3-5-15/h1-2,6-9,14-15H,3-5,10-13H2. The van der Waals surface area contributed by atoms with Crippen molar-refractivity contribution in [2.24, 2.45) is 0 Å². The highest BCUT2D eigenvalue weighted by Crippen LogP contribution is 2.39. The maximum Gasteiger partial charge on any atom is 0.252 e. The molecule has 0 atom stereocenters. The molecule has 0 bridgehead atoms. The molecule has 1 saturated carbocycles. The molecule has 2 aliphatic rings. The Hall–Kier alpha value is -2.23. The number of anilines is 1. The second-order valence-electron chi connectivity index (χ2n) is 7.39. The average Bonchev–Trinajstić information content (AvgIpc) is 3.38. The van der Waals surface area contributed by atoms with Gasteiger partial charge in [-0.25, -0.2) is 18.4 Å². The van der Waals surface area contributed by atoms with Crippen LogP contribution < -0.4 is 4.90 Å². The second kappa shape index (κ2) is 7.55. The zero-order chi connectivity index (χ0) is 19.8. The lowest BCUT2D eigenvalue weighted by Crippen LogP contribution is -2.48. The van der Waals surface area contributed by atoms with Gasteiger partial charge in [0.15, 0.2) is 11.7 Å². The highest BCUT2D eigenvalue weighted by atomic mass is 32.2. The number of thiophene rings is 1. The molecule has 3 aromatic rings. The molecule has 9 heteroatoms. The molecule has 0 aromatic carbocycles. The smallest absolute Gasteiger partial charge is 0.252 e. The van der Waals surface area contributed by atoms with Crippen molar-refractivity contribution in [2.75, 3.05) is 31.1 Å². The van der Waals surface area contributed by atoms with E-state index in [1.807, 2.05) is 24.3 Å². The fourth-order valence-corrected chi connectivity index (χ4v) is 6.49. The van der Waals surface area contributed by atoms with Crippen LogP contribution >= 0.6 is 11.3 Å². The number of sulfonamides is 1. The van der Waals surface area contributed by atoms with Crippen LogP contribution in [0.4, 0.5) is 5.82 Å². The first-order valence-electron chi connectivity index (χ1n) is 9.83. The molecule has 2 fully saturated rings. The third kappa shape index (κ3) is 3.58. The van der Waals surface area contributed by atoms with E-state index in [1.54, 1.807) is 22.8 Å². The van der Waals surface area contributed by atoms with Crippen molar-refractivity contribution >= 4 is 27.2 Å². The molecule has 7 nitrogen and oxygen atoms in total. The Balaban J connectivity index is 1.29. The van der Waals surface area contributed by atoms with E-state index >= 15 is 0 Å². The van der Waals surface area contributed by atoms with Crippen molar-refractivity contribution in [3.8, 4) is 10.6 Å². The summed E-state index contributed by atoms with van der Waals surface area (Å²) in [7, 11) is -3.52. The van der Waals surface area contributed by atoms with Gasteiger partial charge in [0, 0.05) is 38.3 Å². The van der Waals surface area contributed by atoms with Crippen molar-refractivity contribution in [1.29, 1.82) is 0 Å². The van der Waals surface area contributed by atoms with Crippen LogP contribution in [0.5, 0.6) is 0 Å². The molecule has 5 rings (SSSR count). The van der Waals surface area contributed by atoms with Gasteiger partial charge < -0.3 is 9.32 Å². The van der Waals surface area contributed by atoms with E-state index in [4.69, 9.17) is 4.42 Å². The lowest BCUT2D eigenvalue weighted by atomic mass is 9.85. The summed E-state index contributed by atoms with van der Waals surface area (Å²) >= 11 is 1.25. The maximum absolute atomic E-state index is 13.1. The number of pyridine rings is 1. The topological polar surface area (TPSA) is 79.5 Å². The van der Waals surface area contributed by atoms with Crippen LogP contribution in [0.1, 0.15) is 31.1 Å². The molecule has 29 heavy (non-hydrogen) atoms. The van der Waals surface area contributed by atoms with Gasteiger partial charge in [0.05, 0.1) is 11.1 Å². The van der Waals surface area contributed by atoms with Crippen molar-refractivity contribution in [3.63, 3.8) is 0 Å². The van der Waals surface area contributed by atoms with E-state index in [0.29, 0.717) is 42.1 Å². The summed E-state index contributed by atoms with van der Waals surface area (Å²) in [5, 5.41) is 0. The first kappa shape index (κ1) is 18.8. The van der Waals surface area contributed by atoms with Crippen LogP contribution in [0.15, 0.2) is 51.4 Å². The Morgan fingerprint density at radius 3 is 2.55 bits per heavy atom. The van der Waals surface area contributed by atoms with Crippen molar-refractivity contribution in [3.05, 3.63) is 48.6 Å². The fourth-order valence-electron chi connectivity index (χ4n) is 3.66. The number of rotatable bonds is 5. The number of aromatic nitrogens is 2. The normalized spacial score (nSPS) is 18.7. The lowest BCUT2D eigenvalue weighted by molar-refractivity contribution is 0.338. The molecule has 4 heterocycles. The van der Waals surface area contributed by atoms with E-state index in [9.17, 15) is 8.42 Å². The molecule has 1 saturated heterocycles. The van der Waals surface area contributed by atoms with E-state index in [-0.39, 0.29) is 0 Å². The van der Waals surface area contributed by atoms with Crippen LogP contribution in [0.3, 0.4) is 0 Å². The number of hydrogen-bond acceptors (Lipinski definition) is 7. The summed E-state index contributed by atoms with van der Waals surface area (Å²) in [5.74, 6) is 2.73. The minimum absolute atomic E-state index is 0.348. The average molecular weight is 431 g/mol. The lowest BCUT2D eigenvalue weighted by Gasteiger charge is -2.34. The molecular formula is C20H22N4O3S2. The minimum Gasteiger partial charge on any atom is -0.440 e. The predicted octanol–water partition coefficient (Wildman–Crippen LogP) is 3.58. The van der Waals surface area contributed by atoms with Crippen molar-refractivity contribution < 1.29 is 12.8 Å².